The Morgan fingerprint density at radius 2 is 2.19 bits per heavy atom. The molecule has 1 fully saturated rings. The maximum atomic E-state index is 5.70. The smallest absolute Gasteiger partial charge is 0.226 e. The zero-order chi connectivity index (χ0) is 14.7. The van der Waals surface area contributed by atoms with Crippen LogP contribution in [0.3, 0.4) is 0 Å². The van der Waals surface area contributed by atoms with Crippen molar-refractivity contribution in [3.63, 3.8) is 0 Å². The number of piperidine rings is 1. The fraction of sp³-hybridized carbons (Fsp3) is 0.667. The molecule has 6 nitrogen and oxygen atoms in total. The SMILES string of the molecule is CCc1cnc(CN2CCC[C@@H](c3noc(CC)n3)C2)o1. The highest BCUT2D eigenvalue weighted by molar-refractivity contribution is 5.00. The van der Waals surface area contributed by atoms with Crippen molar-refractivity contribution in [2.24, 2.45) is 0 Å². The molecule has 114 valence electrons. The summed E-state index contributed by atoms with van der Waals surface area (Å²) in [6, 6.07) is 0. The van der Waals surface area contributed by atoms with Crippen LogP contribution in [0.4, 0.5) is 0 Å². The average Bonchev–Trinajstić information content (AvgIpc) is 3.16. The number of aromatic nitrogens is 3. The van der Waals surface area contributed by atoms with Gasteiger partial charge in [-0.05, 0) is 19.4 Å². The molecule has 0 unspecified atom stereocenters. The number of likely N-dealkylation sites (tertiary alicyclic amines) is 1. The minimum absolute atomic E-state index is 0.350. The zero-order valence-electron chi connectivity index (χ0n) is 12.7. The topological polar surface area (TPSA) is 68.2 Å². The van der Waals surface area contributed by atoms with E-state index < -0.39 is 0 Å². The summed E-state index contributed by atoms with van der Waals surface area (Å²) >= 11 is 0. The lowest BCUT2D eigenvalue weighted by atomic mass is 9.97. The predicted molar refractivity (Wildman–Crippen MR) is 76.8 cm³/mol. The highest BCUT2D eigenvalue weighted by Gasteiger charge is 2.26. The van der Waals surface area contributed by atoms with Gasteiger partial charge in [0.05, 0.1) is 12.7 Å². The molecule has 0 radical (unpaired) electrons. The highest BCUT2D eigenvalue weighted by atomic mass is 16.5. The second kappa shape index (κ2) is 6.39. The van der Waals surface area contributed by atoms with Crippen LogP contribution in [-0.4, -0.2) is 33.1 Å². The van der Waals surface area contributed by atoms with E-state index in [4.69, 9.17) is 8.94 Å². The number of hydrogen-bond donors (Lipinski definition) is 0. The molecule has 2 aromatic heterocycles. The van der Waals surface area contributed by atoms with Crippen molar-refractivity contribution in [2.75, 3.05) is 13.1 Å². The molecule has 2 aromatic rings. The van der Waals surface area contributed by atoms with Gasteiger partial charge in [-0.25, -0.2) is 4.98 Å². The minimum Gasteiger partial charge on any atom is -0.444 e. The van der Waals surface area contributed by atoms with E-state index in [2.05, 4.69) is 26.9 Å². The third kappa shape index (κ3) is 3.32. The molecular formula is C15H22N4O2. The van der Waals surface area contributed by atoms with Crippen molar-refractivity contribution < 1.29 is 8.94 Å². The summed E-state index contributed by atoms with van der Waals surface area (Å²) in [5.41, 5.74) is 0. The van der Waals surface area contributed by atoms with Gasteiger partial charge >= 0.3 is 0 Å². The molecule has 0 amide bonds. The van der Waals surface area contributed by atoms with Gasteiger partial charge in [0.2, 0.25) is 11.8 Å². The van der Waals surface area contributed by atoms with Crippen LogP contribution in [0.15, 0.2) is 15.1 Å². The molecule has 0 aliphatic carbocycles. The summed E-state index contributed by atoms with van der Waals surface area (Å²) in [5, 5.41) is 4.12. The molecule has 3 rings (SSSR count). The first kappa shape index (κ1) is 14.3. The van der Waals surface area contributed by atoms with E-state index in [1.54, 1.807) is 0 Å². The van der Waals surface area contributed by atoms with Crippen molar-refractivity contribution in [1.29, 1.82) is 0 Å². The monoisotopic (exact) mass is 290 g/mol. The Morgan fingerprint density at radius 3 is 2.90 bits per heavy atom. The van der Waals surface area contributed by atoms with Crippen LogP contribution in [0.2, 0.25) is 0 Å². The molecule has 0 N–H and O–H groups in total. The first-order valence-electron chi connectivity index (χ1n) is 7.76. The van der Waals surface area contributed by atoms with Crippen LogP contribution in [0.25, 0.3) is 0 Å². The first-order chi connectivity index (χ1) is 10.3. The van der Waals surface area contributed by atoms with Crippen LogP contribution < -0.4 is 0 Å². The van der Waals surface area contributed by atoms with Gasteiger partial charge in [-0.3, -0.25) is 4.90 Å². The summed E-state index contributed by atoms with van der Waals surface area (Å²) in [6.45, 7) is 6.86. The Labute approximate surface area is 124 Å². The first-order valence-corrected chi connectivity index (χ1v) is 7.76. The second-order valence-electron chi connectivity index (χ2n) is 5.55. The second-order valence-corrected chi connectivity index (χ2v) is 5.55. The van der Waals surface area contributed by atoms with Crippen molar-refractivity contribution in [3.05, 3.63) is 29.6 Å². The van der Waals surface area contributed by atoms with Gasteiger partial charge in [0.25, 0.3) is 0 Å². The summed E-state index contributed by atoms with van der Waals surface area (Å²) in [5.74, 6) is 3.67. The van der Waals surface area contributed by atoms with E-state index >= 15 is 0 Å². The predicted octanol–water partition coefficient (Wildman–Crippen LogP) is 2.56. The molecule has 3 heterocycles. The van der Waals surface area contributed by atoms with E-state index in [-0.39, 0.29) is 0 Å². The Kier molecular flexibility index (Phi) is 4.34. The third-order valence-electron chi connectivity index (χ3n) is 3.97. The minimum atomic E-state index is 0.350. The summed E-state index contributed by atoms with van der Waals surface area (Å²) < 4.78 is 10.9. The molecule has 21 heavy (non-hydrogen) atoms. The Bertz CT molecular complexity index is 578. The fourth-order valence-electron chi connectivity index (χ4n) is 2.76. The van der Waals surface area contributed by atoms with Crippen molar-refractivity contribution in [3.8, 4) is 0 Å². The maximum Gasteiger partial charge on any atom is 0.226 e. The van der Waals surface area contributed by atoms with E-state index in [1.807, 2.05) is 13.1 Å². The van der Waals surface area contributed by atoms with E-state index in [0.29, 0.717) is 5.92 Å². The van der Waals surface area contributed by atoms with Gasteiger partial charge in [-0.1, -0.05) is 19.0 Å². The average molecular weight is 290 g/mol. The van der Waals surface area contributed by atoms with Gasteiger partial charge in [0.15, 0.2) is 5.82 Å². The zero-order valence-corrected chi connectivity index (χ0v) is 12.7. The third-order valence-corrected chi connectivity index (χ3v) is 3.97. The van der Waals surface area contributed by atoms with E-state index in [0.717, 1.165) is 68.7 Å². The normalized spacial score (nSPS) is 20.0. The molecular weight excluding hydrogens is 268 g/mol. The molecule has 0 saturated carbocycles. The van der Waals surface area contributed by atoms with Gasteiger partial charge < -0.3 is 8.94 Å². The quantitative estimate of drug-likeness (QED) is 0.843. The van der Waals surface area contributed by atoms with E-state index in [1.165, 1.54) is 0 Å². The molecule has 1 atom stereocenters. The number of aryl methyl sites for hydroxylation is 2. The van der Waals surface area contributed by atoms with Crippen molar-refractivity contribution in [1.82, 2.24) is 20.0 Å². The fourth-order valence-corrected chi connectivity index (χ4v) is 2.76. The standard InChI is InChI=1S/C15H22N4O2/c1-3-12-8-16-14(20-12)10-19-7-5-6-11(9-19)15-17-13(4-2)21-18-15/h8,11H,3-7,9-10H2,1-2H3/t11-/m1/s1. The number of oxazole rings is 1. The van der Waals surface area contributed by atoms with Crippen LogP contribution in [-0.2, 0) is 19.4 Å². The maximum absolute atomic E-state index is 5.70. The van der Waals surface area contributed by atoms with Gasteiger partial charge in [0.1, 0.15) is 5.76 Å². The lowest BCUT2D eigenvalue weighted by Crippen LogP contribution is -2.34. The molecule has 1 aliphatic rings. The lowest BCUT2D eigenvalue weighted by Gasteiger charge is -2.30. The van der Waals surface area contributed by atoms with E-state index in [9.17, 15) is 0 Å². The molecule has 6 heteroatoms. The number of nitrogens with zero attached hydrogens (tertiary/aromatic N) is 4. The Balaban J connectivity index is 1.62. The summed E-state index contributed by atoms with van der Waals surface area (Å²) in [6.07, 6.45) is 5.76. The lowest BCUT2D eigenvalue weighted by molar-refractivity contribution is 0.178. The highest BCUT2D eigenvalue weighted by Crippen LogP contribution is 2.26. The van der Waals surface area contributed by atoms with Crippen molar-refractivity contribution >= 4 is 0 Å². The molecule has 0 bridgehead atoms. The van der Waals surface area contributed by atoms with Crippen LogP contribution >= 0.6 is 0 Å². The molecule has 1 saturated heterocycles. The Morgan fingerprint density at radius 1 is 1.29 bits per heavy atom. The van der Waals surface area contributed by atoms with Gasteiger partial charge in [-0.2, -0.15) is 4.98 Å². The molecule has 0 aromatic carbocycles. The van der Waals surface area contributed by atoms with Gasteiger partial charge in [0, 0.05) is 25.3 Å². The van der Waals surface area contributed by atoms with Gasteiger partial charge in [-0.15, -0.1) is 0 Å². The van der Waals surface area contributed by atoms with Crippen LogP contribution in [0.5, 0.6) is 0 Å². The summed E-state index contributed by atoms with van der Waals surface area (Å²) in [4.78, 5) is 11.2. The largest absolute Gasteiger partial charge is 0.444 e. The van der Waals surface area contributed by atoms with Crippen molar-refractivity contribution in [2.45, 2.75) is 52.0 Å². The van der Waals surface area contributed by atoms with Crippen LogP contribution in [0, 0.1) is 0 Å². The number of hydrogen-bond acceptors (Lipinski definition) is 6. The molecule has 1 aliphatic heterocycles. The summed E-state index contributed by atoms with van der Waals surface area (Å²) in [7, 11) is 0. The molecule has 0 spiro atoms. The number of rotatable bonds is 5. The van der Waals surface area contributed by atoms with Crippen LogP contribution in [0.1, 0.15) is 56.0 Å². The Hall–Kier alpha value is -1.69.